The highest BCUT2D eigenvalue weighted by atomic mass is 79.9. The Morgan fingerprint density at radius 2 is 1.55 bits per heavy atom. The summed E-state index contributed by atoms with van der Waals surface area (Å²) in [6, 6.07) is 23.6. The summed E-state index contributed by atoms with van der Waals surface area (Å²) in [7, 11) is 0. The summed E-state index contributed by atoms with van der Waals surface area (Å²) < 4.78 is 39.4. The van der Waals surface area contributed by atoms with Crippen molar-refractivity contribution in [3.8, 4) is 6.07 Å². The average molecular weight is 457 g/mol. The van der Waals surface area contributed by atoms with E-state index in [2.05, 4.69) is 20.9 Å². The van der Waals surface area contributed by atoms with E-state index >= 15 is 0 Å². The van der Waals surface area contributed by atoms with Crippen LogP contribution < -0.4 is 0 Å². The number of nitrogens with zero attached hydrogens (tertiary/aromatic N) is 2. The van der Waals surface area contributed by atoms with Crippen LogP contribution in [0.2, 0.25) is 0 Å². The van der Waals surface area contributed by atoms with Crippen molar-refractivity contribution in [1.82, 2.24) is 0 Å². The van der Waals surface area contributed by atoms with Gasteiger partial charge >= 0.3 is 6.18 Å². The molecule has 0 heterocycles. The number of hydrogen-bond acceptors (Lipinski definition) is 2. The largest absolute Gasteiger partial charge is 0.416 e. The molecule has 2 nitrogen and oxygen atoms in total. The Balaban J connectivity index is 1.98. The second kappa shape index (κ2) is 9.06. The van der Waals surface area contributed by atoms with Gasteiger partial charge in [0.1, 0.15) is 11.8 Å². The van der Waals surface area contributed by atoms with Crippen molar-refractivity contribution < 1.29 is 13.2 Å². The summed E-state index contributed by atoms with van der Waals surface area (Å²) in [4.78, 5) is 4.61. The summed E-state index contributed by atoms with van der Waals surface area (Å²) >= 11 is 3.41. The number of aliphatic imine (C=N–C) groups is 1. The van der Waals surface area contributed by atoms with Gasteiger partial charge in [-0.15, -0.1) is 0 Å². The van der Waals surface area contributed by atoms with Crippen LogP contribution in [-0.2, 0) is 12.6 Å². The first-order chi connectivity index (χ1) is 13.9. The molecule has 0 aliphatic rings. The molecule has 0 aromatic heterocycles. The molecule has 6 heteroatoms. The predicted octanol–water partition coefficient (Wildman–Crippen LogP) is 6.76. The maximum Gasteiger partial charge on any atom is 0.416 e. The molecule has 0 radical (unpaired) electrons. The van der Waals surface area contributed by atoms with Gasteiger partial charge in [0.05, 0.1) is 11.6 Å². The fourth-order valence-electron chi connectivity index (χ4n) is 2.90. The molecule has 0 saturated carbocycles. The molecule has 146 valence electrons. The first-order valence-corrected chi connectivity index (χ1v) is 9.61. The van der Waals surface area contributed by atoms with E-state index < -0.39 is 11.7 Å². The molecule has 29 heavy (non-hydrogen) atoms. The smallest absolute Gasteiger partial charge is 0.265 e. The van der Waals surface area contributed by atoms with Crippen LogP contribution in [0.25, 0.3) is 0 Å². The molecule has 3 aromatic carbocycles. The normalized spacial score (nSPS) is 13.0. The minimum absolute atomic E-state index is 0.0996. The van der Waals surface area contributed by atoms with Gasteiger partial charge in [0.25, 0.3) is 0 Å². The van der Waals surface area contributed by atoms with E-state index in [1.165, 1.54) is 12.1 Å². The number of halogens is 4. The van der Waals surface area contributed by atoms with Gasteiger partial charge in [-0.3, -0.25) is 4.99 Å². The molecule has 3 aromatic rings. The Labute approximate surface area is 175 Å². The molecule has 0 fully saturated rings. The van der Waals surface area contributed by atoms with Gasteiger partial charge < -0.3 is 0 Å². The lowest BCUT2D eigenvalue weighted by Gasteiger charge is -2.15. The van der Waals surface area contributed by atoms with Crippen molar-refractivity contribution in [2.24, 2.45) is 4.99 Å². The van der Waals surface area contributed by atoms with Gasteiger partial charge in [0, 0.05) is 10.0 Å². The Morgan fingerprint density at radius 3 is 2.10 bits per heavy atom. The highest BCUT2D eigenvalue weighted by molar-refractivity contribution is 9.10. The predicted molar refractivity (Wildman–Crippen MR) is 111 cm³/mol. The number of benzene rings is 3. The number of hydrogen-bond donors (Lipinski definition) is 0. The van der Waals surface area contributed by atoms with Crippen molar-refractivity contribution in [1.29, 1.82) is 5.26 Å². The topological polar surface area (TPSA) is 36.1 Å². The number of rotatable bonds is 5. The van der Waals surface area contributed by atoms with Crippen LogP contribution in [0, 0.1) is 11.3 Å². The van der Waals surface area contributed by atoms with E-state index in [9.17, 15) is 18.4 Å². The molecule has 0 aliphatic heterocycles. The third-order valence-electron chi connectivity index (χ3n) is 4.40. The van der Waals surface area contributed by atoms with Crippen molar-refractivity contribution in [2.45, 2.75) is 18.6 Å². The lowest BCUT2D eigenvalue weighted by Crippen LogP contribution is -2.08. The van der Waals surface area contributed by atoms with Gasteiger partial charge in [0.2, 0.25) is 0 Å². The third kappa shape index (κ3) is 5.55. The lowest BCUT2D eigenvalue weighted by atomic mass is 9.98. The van der Waals surface area contributed by atoms with Gasteiger partial charge in [-0.05, 0) is 41.8 Å². The molecule has 0 unspecified atom stereocenters. The quantitative estimate of drug-likeness (QED) is 0.390. The molecular formula is C23H16BrF3N2. The molecule has 3 rings (SSSR count). The van der Waals surface area contributed by atoms with Crippen LogP contribution in [0.1, 0.15) is 28.3 Å². The van der Waals surface area contributed by atoms with E-state index in [0.29, 0.717) is 12.0 Å². The second-order valence-electron chi connectivity index (χ2n) is 6.42. The van der Waals surface area contributed by atoms with Crippen LogP contribution in [0.3, 0.4) is 0 Å². The average Bonchev–Trinajstić information content (AvgIpc) is 2.72. The van der Waals surface area contributed by atoms with Crippen molar-refractivity contribution in [3.05, 3.63) is 106 Å². The van der Waals surface area contributed by atoms with E-state index in [1.807, 2.05) is 60.7 Å². The Morgan fingerprint density at radius 1 is 0.931 bits per heavy atom. The minimum Gasteiger partial charge on any atom is -0.265 e. The van der Waals surface area contributed by atoms with Crippen LogP contribution >= 0.6 is 15.9 Å². The van der Waals surface area contributed by atoms with E-state index in [4.69, 9.17) is 0 Å². The first-order valence-electron chi connectivity index (χ1n) is 8.82. The minimum atomic E-state index is -4.42. The van der Waals surface area contributed by atoms with Crippen LogP contribution in [0.15, 0.2) is 88.3 Å². The fraction of sp³-hybridized carbons (Fsp3) is 0.130. The van der Waals surface area contributed by atoms with E-state index in [-0.39, 0.29) is 11.8 Å². The zero-order chi connectivity index (χ0) is 20.9. The van der Waals surface area contributed by atoms with Gasteiger partial charge in [-0.1, -0.05) is 70.5 Å². The van der Waals surface area contributed by atoms with Crippen LogP contribution in [0.4, 0.5) is 13.2 Å². The van der Waals surface area contributed by atoms with Crippen molar-refractivity contribution in [3.63, 3.8) is 0 Å². The summed E-state index contributed by atoms with van der Waals surface area (Å²) in [6.45, 7) is 0. The maximum absolute atomic E-state index is 12.8. The Kier molecular flexibility index (Phi) is 6.50. The van der Waals surface area contributed by atoms with Crippen LogP contribution in [-0.4, -0.2) is 5.71 Å². The highest BCUT2D eigenvalue weighted by Crippen LogP contribution is 2.30. The maximum atomic E-state index is 12.8. The zero-order valence-corrected chi connectivity index (χ0v) is 16.8. The lowest BCUT2D eigenvalue weighted by molar-refractivity contribution is -0.137. The SMILES string of the molecule is N#C/C(=N\[C@H](Cc1ccccc1)c1ccc(Br)cc1)c1ccc(C(F)(F)F)cc1. The first kappa shape index (κ1) is 20.8. The summed E-state index contributed by atoms with van der Waals surface area (Å²) in [5.41, 5.74) is 1.66. The van der Waals surface area contributed by atoms with Gasteiger partial charge in [0.15, 0.2) is 0 Å². The standard InChI is InChI=1S/C23H16BrF3N2/c24-20-12-8-17(9-13-20)21(14-16-4-2-1-3-5-16)29-22(15-28)18-6-10-19(11-7-18)23(25,26)27/h1-13,21H,14H2/b29-22+/t21-/m1/s1. The van der Waals surface area contributed by atoms with Crippen molar-refractivity contribution in [2.75, 3.05) is 0 Å². The molecule has 0 aliphatic carbocycles. The molecule has 0 bridgehead atoms. The Bertz CT molecular complexity index is 1020. The number of alkyl halides is 3. The van der Waals surface area contributed by atoms with Crippen LogP contribution in [0.5, 0.6) is 0 Å². The molecule has 0 amide bonds. The second-order valence-corrected chi connectivity index (χ2v) is 7.34. The summed E-state index contributed by atoms with van der Waals surface area (Å²) in [5, 5.41) is 9.60. The zero-order valence-electron chi connectivity index (χ0n) is 15.2. The molecule has 0 saturated heterocycles. The van der Waals surface area contributed by atoms with Gasteiger partial charge in [-0.2, -0.15) is 18.4 Å². The third-order valence-corrected chi connectivity index (χ3v) is 4.93. The highest BCUT2D eigenvalue weighted by Gasteiger charge is 2.30. The van der Waals surface area contributed by atoms with Gasteiger partial charge in [-0.25, -0.2) is 0 Å². The van der Waals surface area contributed by atoms with E-state index in [0.717, 1.165) is 27.7 Å². The summed E-state index contributed by atoms with van der Waals surface area (Å²) in [5.74, 6) is 0. The molecule has 0 N–H and O–H groups in total. The van der Waals surface area contributed by atoms with E-state index in [1.54, 1.807) is 0 Å². The monoisotopic (exact) mass is 456 g/mol. The molecule has 1 atom stereocenters. The summed E-state index contributed by atoms with van der Waals surface area (Å²) in [6.07, 6.45) is -3.86. The van der Waals surface area contributed by atoms with Crippen molar-refractivity contribution >= 4 is 21.6 Å². The Hall–Kier alpha value is -2.91. The fourth-order valence-corrected chi connectivity index (χ4v) is 3.17. The number of nitriles is 1. The molecule has 0 spiro atoms. The molecular weight excluding hydrogens is 441 g/mol.